The number of pyridine rings is 1. The van der Waals surface area contributed by atoms with Gasteiger partial charge in [0.1, 0.15) is 11.6 Å². The highest BCUT2D eigenvalue weighted by Gasteiger charge is 2.32. The lowest BCUT2D eigenvalue weighted by atomic mass is 10.3. The van der Waals surface area contributed by atoms with Crippen LogP contribution in [-0.4, -0.2) is 18.1 Å². The quantitative estimate of drug-likeness (QED) is 0.855. The minimum absolute atomic E-state index is 0.558. The number of nitrogens with zero attached hydrogens (tertiary/aromatic N) is 1. The van der Waals surface area contributed by atoms with Gasteiger partial charge in [-0.3, -0.25) is 0 Å². The van der Waals surface area contributed by atoms with Crippen molar-refractivity contribution in [3.63, 3.8) is 0 Å². The third-order valence-electron chi connectivity index (χ3n) is 3.08. The van der Waals surface area contributed by atoms with Gasteiger partial charge >= 0.3 is 0 Å². The van der Waals surface area contributed by atoms with Gasteiger partial charge in [0.15, 0.2) is 0 Å². The molecule has 2 atom stereocenters. The number of anilines is 2. The Morgan fingerprint density at radius 3 is 2.41 bits per heavy atom. The van der Waals surface area contributed by atoms with Gasteiger partial charge in [-0.2, -0.15) is 0 Å². The molecule has 0 spiro atoms. The number of rotatable bonds is 5. The van der Waals surface area contributed by atoms with Crippen LogP contribution in [0.2, 0.25) is 10.0 Å². The molecule has 2 N–H and O–H groups in total. The normalized spacial score (nSPS) is 22.4. The van der Waals surface area contributed by atoms with E-state index in [2.05, 4.69) is 22.5 Å². The highest BCUT2D eigenvalue weighted by molar-refractivity contribution is 6.37. The lowest BCUT2D eigenvalue weighted by Crippen LogP contribution is -2.08. The van der Waals surface area contributed by atoms with Crippen molar-refractivity contribution in [2.24, 2.45) is 11.8 Å². The van der Waals surface area contributed by atoms with Crippen LogP contribution < -0.4 is 10.6 Å². The largest absolute Gasteiger partial charge is 0.369 e. The summed E-state index contributed by atoms with van der Waals surface area (Å²) < 4.78 is 0. The third-order valence-corrected chi connectivity index (χ3v) is 3.66. The first kappa shape index (κ1) is 12.8. The van der Waals surface area contributed by atoms with Gasteiger partial charge < -0.3 is 10.6 Å². The van der Waals surface area contributed by atoms with E-state index in [4.69, 9.17) is 23.2 Å². The number of nitrogens with one attached hydrogen (secondary N) is 2. The average Bonchev–Trinajstić information content (AvgIpc) is 2.97. The number of aromatic nitrogens is 1. The molecule has 1 aromatic rings. The summed E-state index contributed by atoms with van der Waals surface area (Å²) in [5.41, 5.74) is 0. The van der Waals surface area contributed by atoms with Crippen LogP contribution >= 0.6 is 23.2 Å². The monoisotopic (exact) mass is 273 g/mol. The zero-order valence-electron chi connectivity index (χ0n) is 10.1. The molecule has 0 radical (unpaired) electrons. The van der Waals surface area contributed by atoms with E-state index in [0.717, 1.165) is 24.9 Å². The standard InChI is InChI=1S/C12H17Cl2N3/c1-3-15-11-9(13)5-10(14)12(17-11)16-6-8-4-7(8)2/h5,7-8H,3-4,6H2,1-2H3,(H2,15,16,17). The van der Waals surface area contributed by atoms with Crippen LogP contribution in [0.4, 0.5) is 11.6 Å². The molecule has 3 nitrogen and oxygen atoms in total. The SMILES string of the molecule is CCNc1nc(NCC2CC2C)c(Cl)cc1Cl. The van der Waals surface area contributed by atoms with Gasteiger partial charge in [0.05, 0.1) is 10.0 Å². The van der Waals surface area contributed by atoms with Crippen LogP contribution in [0.5, 0.6) is 0 Å². The van der Waals surface area contributed by atoms with E-state index < -0.39 is 0 Å². The Morgan fingerprint density at radius 1 is 1.29 bits per heavy atom. The highest BCUT2D eigenvalue weighted by atomic mass is 35.5. The topological polar surface area (TPSA) is 37.0 Å². The van der Waals surface area contributed by atoms with Crippen molar-refractivity contribution in [2.75, 3.05) is 23.7 Å². The molecule has 0 amide bonds. The summed E-state index contributed by atoms with van der Waals surface area (Å²) in [6, 6.07) is 1.73. The molecule has 0 bridgehead atoms. The maximum atomic E-state index is 6.10. The third kappa shape index (κ3) is 3.17. The fraction of sp³-hybridized carbons (Fsp3) is 0.583. The number of hydrogen-bond donors (Lipinski definition) is 2. The molecule has 2 rings (SSSR count). The molecule has 1 fully saturated rings. The average molecular weight is 274 g/mol. The maximum Gasteiger partial charge on any atom is 0.147 e. The molecule has 17 heavy (non-hydrogen) atoms. The fourth-order valence-corrected chi connectivity index (χ4v) is 2.29. The van der Waals surface area contributed by atoms with Gasteiger partial charge in [-0.25, -0.2) is 4.98 Å². The molecule has 1 heterocycles. The lowest BCUT2D eigenvalue weighted by molar-refractivity contribution is 0.784. The zero-order chi connectivity index (χ0) is 12.4. The molecule has 0 saturated heterocycles. The van der Waals surface area contributed by atoms with Gasteiger partial charge in [-0.15, -0.1) is 0 Å². The summed E-state index contributed by atoms with van der Waals surface area (Å²) in [6.45, 7) is 5.98. The van der Waals surface area contributed by atoms with Crippen molar-refractivity contribution in [1.82, 2.24) is 4.98 Å². The van der Waals surface area contributed by atoms with Crippen molar-refractivity contribution < 1.29 is 0 Å². The molecule has 1 saturated carbocycles. The molecular formula is C12H17Cl2N3. The van der Waals surface area contributed by atoms with Gasteiger partial charge in [0, 0.05) is 13.1 Å². The van der Waals surface area contributed by atoms with Crippen molar-refractivity contribution >= 4 is 34.8 Å². The Balaban J connectivity index is 2.06. The van der Waals surface area contributed by atoms with Crippen LogP contribution in [0, 0.1) is 11.8 Å². The van der Waals surface area contributed by atoms with Crippen molar-refractivity contribution in [2.45, 2.75) is 20.3 Å². The van der Waals surface area contributed by atoms with E-state index in [1.54, 1.807) is 6.07 Å². The molecule has 5 heteroatoms. The molecule has 0 aromatic carbocycles. The van der Waals surface area contributed by atoms with E-state index in [-0.39, 0.29) is 0 Å². The molecular weight excluding hydrogens is 257 g/mol. The molecule has 2 unspecified atom stereocenters. The van der Waals surface area contributed by atoms with Gasteiger partial charge in [0.2, 0.25) is 0 Å². The van der Waals surface area contributed by atoms with E-state index >= 15 is 0 Å². The van der Waals surface area contributed by atoms with E-state index in [9.17, 15) is 0 Å². The van der Waals surface area contributed by atoms with E-state index in [1.807, 2.05) is 6.92 Å². The minimum atomic E-state index is 0.558. The van der Waals surface area contributed by atoms with Gasteiger partial charge in [-0.1, -0.05) is 30.1 Å². The first-order valence-electron chi connectivity index (χ1n) is 5.95. The zero-order valence-corrected chi connectivity index (χ0v) is 11.6. The summed E-state index contributed by atoms with van der Waals surface area (Å²) in [5.74, 6) is 2.98. The fourth-order valence-electron chi connectivity index (χ4n) is 1.79. The Labute approximate surface area is 112 Å². The maximum absolute atomic E-state index is 6.10. The lowest BCUT2D eigenvalue weighted by Gasteiger charge is -2.11. The van der Waals surface area contributed by atoms with Crippen LogP contribution in [0.1, 0.15) is 20.3 Å². The Hall–Kier alpha value is -0.670. The number of halogens is 2. The second-order valence-electron chi connectivity index (χ2n) is 4.53. The predicted molar refractivity (Wildman–Crippen MR) is 74.2 cm³/mol. The molecule has 1 aliphatic carbocycles. The summed E-state index contributed by atoms with van der Waals surface area (Å²) in [5, 5.41) is 7.53. The second kappa shape index (κ2) is 5.32. The first-order chi connectivity index (χ1) is 8.11. The summed E-state index contributed by atoms with van der Waals surface area (Å²) >= 11 is 12.1. The van der Waals surface area contributed by atoms with E-state index in [0.29, 0.717) is 21.7 Å². The van der Waals surface area contributed by atoms with Crippen LogP contribution in [-0.2, 0) is 0 Å². The highest BCUT2D eigenvalue weighted by Crippen LogP contribution is 2.38. The molecule has 1 aliphatic rings. The van der Waals surface area contributed by atoms with Crippen molar-refractivity contribution in [3.05, 3.63) is 16.1 Å². The molecule has 0 aliphatic heterocycles. The van der Waals surface area contributed by atoms with Gasteiger partial charge in [0.25, 0.3) is 0 Å². The number of hydrogen-bond acceptors (Lipinski definition) is 3. The van der Waals surface area contributed by atoms with Crippen molar-refractivity contribution in [1.29, 1.82) is 0 Å². The van der Waals surface area contributed by atoms with Crippen LogP contribution in [0.25, 0.3) is 0 Å². The summed E-state index contributed by atoms with van der Waals surface area (Å²) in [6.07, 6.45) is 1.29. The summed E-state index contributed by atoms with van der Waals surface area (Å²) in [7, 11) is 0. The Kier molecular flexibility index (Phi) is 4.00. The molecule has 94 valence electrons. The van der Waals surface area contributed by atoms with Crippen LogP contribution in [0.15, 0.2) is 6.07 Å². The smallest absolute Gasteiger partial charge is 0.147 e. The Morgan fingerprint density at radius 2 is 1.88 bits per heavy atom. The second-order valence-corrected chi connectivity index (χ2v) is 5.35. The molecule has 1 aromatic heterocycles. The summed E-state index contributed by atoms with van der Waals surface area (Å²) in [4.78, 5) is 4.40. The minimum Gasteiger partial charge on any atom is -0.369 e. The van der Waals surface area contributed by atoms with Crippen LogP contribution in [0.3, 0.4) is 0 Å². The predicted octanol–water partition coefficient (Wildman–Crippen LogP) is 3.89. The van der Waals surface area contributed by atoms with E-state index in [1.165, 1.54) is 6.42 Å². The first-order valence-corrected chi connectivity index (χ1v) is 6.71. The Bertz CT molecular complexity index is 409. The van der Waals surface area contributed by atoms with Crippen molar-refractivity contribution in [3.8, 4) is 0 Å². The van der Waals surface area contributed by atoms with Gasteiger partial charge in [-0.05, 0) is 31.2 Å².